The first-order valence-corrected chi connectivity index (χ1v) is 8.78. The highest BCUT2D eigenvalue weighted by molar-refractivity contribution is 5.28. The molecule has 1 aromatic carbocycles. The number of ether oxygens (including phenoxy) is 1. The smallest absolute Gasteiger partial charge is 0.0971 e. The SMILES string of the molecule is O[C@@H]1CCOC[C@H]1[C@H]1CCCN1Cc1cnn(-c2ccccc2)n1. The Morgan fingerprint density at radius 3 is 2.92 bits per heavy atom. The lowest BCUT2D eigenvalue weighted by Crippen LogP contribution is -2.45. The zero-order chi connectivity index (χ0) is 16.4. The van der Waals surface area contributed by atoms with Gasteiger partial charge < -0.3 is 9.84 Å². The highest BCUT2D eigenvalue weighted by atomic mass is 16.5. The first-order chi connectivity index (χ1) is 11.8. The van der Waals surface area contributed by atoms with Gasteiger partial charge in [0.05, 0.1) is 30.3 Å². The van der Waals surface area contributed by atoms with Crippen molar-refractivity contribution in [3.8, 4) is 5.69 Å². The summed E-state index contributed by atoms with van der Waals surface area (Å²) in [5, 5.41) is 19.3. The van der Waals surface area contributed by atoms with Crippen molar-refractivity contribution < 1.29 is 9.84 Å². The van der Waals surface area contributed by atoms with E-state index in [0.717, 1.165) is 37.3 Å². The number of rotatable bonds is 4. The summed E-state index contributed by atoms with van der Waals surface area (Å²) < 4.78 is 5.61. The van der Waals surface area contributed by atoms with Crippen LogP contribution in [0.15, 0.2) is 36.5 Å². The minimum Gasteiger partial charge on any atom is -0.393 e. The lowest BCUT2D eigenvalue weighted by Gasteiger charge is -2.36. The van der Waals surface area contributed by atoms with Gasteiger partial charge >= 0.3 is 0 Å². The molecule has 6 heteroatoms. The predicted octanol–water partition coefficient (Wildman–Crippen LogP) is 1.63. The molecule has 2 aliphatic rings. The predicted molar refractivity (Wildman–Crippen MR) is 89.7 cm³/mol. The third-order valence-corrected chi connectivity index (χ3v) is 5.16. The molecule has 0 aliphatic carbocycles. The van der Waals surface area contributed by atoms with Crippen molar-refractivity contribution in [1.29, 1.82) is 0 Å². The summed E-state index contributed by atoms with van der Waals surface area (Å²) in [6.07, 6.45) is 4.64. The van der Waals surface area contributed by atoms with Crippen molar-refractivity contribution in [3.05, 3.63) is 42.2 Å². The van der Waals surface area contributed by atoms with Crippen molar-refractivity contribution >= 4 is 0 Å². The number of likely N-dealkylation sites (tertiary alicyclic amines) is 1. The molecular weight excluding hydrogens is 304 g/mol. The standard InChI is InChI=1S/C18H24N4O2/c23-18-8-10-24-13-16(18)17-7-4-9-21(17)12-14-11-19-22(20-14)15-5-2-1-3-6-15/h1-3,5-6,11,16-18,23H,4,7-10,12-13H2/t16-,17+,18+/m0/s1. The molecule has 0 saturated carbocycles. The van der Waals surface area contributed by atoms with E-state index in [2.05, 4.69) is 15.1 Å². The average Bonchev–Trinajstić information content (AvgIpc) is 3.26. The van der Waals surface area contributed by atoms with E-state index in [1.54, 1.807) is 4.80 Å². The Bertz CT molecular complexity index is 660. The van der Waals surface area contributed by atoms with Gasteiger partial charge in [-0.1, -0.05) is 18.2 Å². The summed E-state index contributed by atoms with van der Waals surface area (Å²) in [5.74, 6) is 0.213. The number of nitrogens with zero attached hydrogens (tertiary/aromatic N) is 4. The van der Waals surface area contributed by atoms with Gasteiger partial charge in [0.25, 0.3) is 0 Å². The molecule has 2 aliphatic heterocycles. The van der Waals surface area contributed by atoms with Gasteiger partial charge in [-0.15, -0.1) is 0 Å². The quantitative estimate of drug-likeness (QED) is 0.924. The number of aliphatic hydroxyl groups is 1. The largest absolute Gasteiger partial charge is 0.393 e. The Morgan fingerprint density at radius 2 is 2.08 bits per heavy atom. The highest BCUT2D eigenvalue weighted by Gasteiger charge is 2.37. The molecule has 2 fully saturated rings. The van der Waals surface area contributed by atoms with Crippen molar-refractivity contribution in [1.82, 2.24) is 19.9 Å². The second-order valence-electron chi connectivity index (χ2n) is 6.74. The Hall–Kier alpha value is -1.76. The summed E-state index contributed by atoms with van der Waals surface area (Å²) in [4.78, 5) is 4.11. The van der Waals surface area contributed by atoms with Gasteiger partial charge in [-0.3, -0.25) is 4.90 Å². The van der Waals surface area contributed by atoms with E-state index in [0.29, 0.717) is 19.3 Å². The highest BCUT2D eigenvalue weighted by Crippen LogP contribution is 2.30. The minimum atomic E-state index is -0.246. The molecule has 24 heavy (non-hydrogen) atoms. The van der Waals surface area contributed by atoms with Crippen LogP contribution < -0.4 is 0 Å². The van der Waals surface area contributed by atoms with E-state index in [4.69, 9.17) is 4.74 Å². The fraction of sp³-hybridized carbons (Fsp3) is 0.556. The van der Waals surface area contributed by atoms with E-state index < -0.39 is 0 Å². The van der Waals surface area contributed by atoms with E-state index >= 15 is 0 Å². The second kappa shape index (κ2) is 7.01. The van der Waals surface area contributed by atoms with Gasteiger partial charge in [0, 0.05) is 25.1 Å². The maximum atomic E-state index is 10.3. The summed E-state index contributed by atoms with van der Waals surface area (Å²) in [6, 6.07) is 10.3. The number of hydrogen-bond acceptors (Lipinski definition) is 5. The van der Waals surface area contributed by atoms with Crippen LogP contribution in [0, 0.1) is 5.92 Å². The Balaban J connectivity index is 1.45. The Morgan fingerprint density at radius 1 is 1.21 bits per heavy atom. The van der Waals surface area contributed by atoms with E-state index in [-0.39, 0.29) is 12.0 Å². The average molecular weight is 328 g/mol. The minimum absolute atomic E-state index is 0.213. The molecule has 1 N–H and O–H groups in total. The van der Waals surface area contributed by atoms with Crippen molar-refractivity contribution in [2.45, 2.75) is 38.0 Å². The number of aromatic nitrogens is 3. The van der Waals surface area contributed by atoms with Crippen LogP contribution in [-0.4, -0.2) is 56.9 Å². The molecule has 2 saturated heterocycles. The molecule has 128 valence electrons. The van der Waals surface area contributed by atoms with Gasteiger partial charge in [-0.2, -0.15) is 15.0 Å². The van der Waals surface area contributed by atoms with Gasteiger partial charge in [-0.05, 0) is 37.9 Å². The molecule has 6 nitrogen and oxygen atoms in total. The molecule has 0 unspecified atom stereocenters. The van der Waals surface area contributed by atoms with Gasteiger partial charge in [-0.25, -0.2) is 0 Å². The first-order valence-electron chi connectivity index (χ1n) is 8.78. The molecule has 0 spiro atoms. The van der Waals surface area contributed by atoms with E-state index in [1.807, 2.05) is 36.5 Å². The third kappa shape index (κ3) is 3.22. The Kier molecular flexibility index (Phi) is 4.60. The van der Waals surface area contributed by atoms with Crippen LogP contribution >= 0.6 is 0 Å². The molecule has 0 radical (unpaired) electrons. The number of benzene rings is 1. The van der Waals surface area contributed by atoms with Crippen LogP contribution in [0.2, 0.25) is 0 Å². The molecule has 1 aromatic heterocycles. The van der Waals surface area contributed by atoms with Gasteiger partial charge in [0.15, 0.2) is 0 Å². The molecule has 0 bridgehead atoms. The van der Waals surface area contributed by atoms with Gasteiger partial charge in [0.1, 0.15) is 0 Å². The van der Waals surface area contributed by atoms with Crippen LogP contribution in [0.4, 0.5) is 0 Å². The molecule has 4 rings (SSSR count). The van der Waals surface area contributed by atoms with Crippen LogP contribution in [0.25, 0.3) is 5.69 Å². The second-order valence-corrected chi connectivity index (χ2v) is 6.74. The molecular formula is C18H24N4O2. The monoisotopic (exact) mass is 328 g/mol. The van der Waals surface area contributed by atoms with E-state index in [9.17, 15) is 5.11 Å². The van der Waals surface area contributed by atoms with Crippen LogP contribution in [-0.2, 0) is 11.3 Å². The zero-order valence-electron chi connectivity index (χ0n) is 13.8. The third-order valence-electron chi connectivity index (χ3n) is 5.16. The molecule has 3 heterocycles. The lowest BCUT2D eigenvalue weighted by molar-refractivity contribution is -0.0637. The van der Waals surface area contributed by atoms with Crippen molar-refractivity contribution in [2.24, 2.45) is 5.92 Å². The summed E-state index contributed by atoms with van der Waals surface area (Å²) in [5.41, 5.74) is 1.94. The zero-order valence-corrected chi connectivity index (χ0v) is 13.8. The fourth-order valence-electron chi connectivity index (χ4n) is 3.91. The Labute approximate surface area is 142 Å². The summed E-state index contributed by atoms with van der Waals surface area (Å²) >= 11 is 0. The van der Waals surface area contributed by atoms with Crippen LogP contribution in [0.3, 0.4) is 0 Å². The summed E-state index contributed by atoms with van der Waals surface area (Å²) in [6.45, 7) is 3.17. The van der Waals surface area contributed by atoms with Gasteiger partial charge in [0.2, 0.25) is 0 Å². The number of hydrogen-bond donors (Lipinski definition) is 1. The molecule has 2 aromatic rings. The van der Waals surface area contributed by atoms with Crippen LogP contribution in [0.1, 0.15) is 25.0 Å². The van der Waals surface area contributed by atoms with E-state index in [1.165, 1.54) is 6.42 Å². The first kappa shape index (κ1) is 15.7. The number of aliphatic hydroxyl groups excluding tert-OH is 1. The van der Waals surface area contributed by atoms with Crippen LogP contribution in [0.5, 0.6) is 0 Å². The number of para-hydroxylation sites is 1. The topological polar surface area (TPSA) is 63.4 Å². The normalized spacial score (nSPS) is 28.3. The fourth-order valence-corrected chi connectivity index (χ4v) is 3.91. The van der Waals surface area contributed by atoms with Crippen molar-refractivity contribution in [3.63, 3.8) is 0 Å². The lowest BCUT2D eigenvalue weighted by atomic mass is 9.89. The maximum Gasteiger partial charge on any atom is 0.0971 e. The molecule has 3 atom stereocenters. The molecule has 0 amide bonds. The van der Waals surface area contributed by atoms with Crippen molar-refractivity contribution in [2.75, 3.05) is 19.8 Å². The maximum absolute atomic E-state index is 10.3. The summed E-state index contributed by atoms with van der Waals surface area (Å²) in [7, 11) is 0.